The van der Waals surface area contributed by atoms with E-state index in [1.54, 1.807) is 6.20 Å². The number of nitrogens with one attached hydrogen (secondary N) is 1. The molecule has 2 heterocycles. The van der Waals surface area contributed by atoms with Crippen LogP contribution < -0.4 is 11.1 Å². The number of anilines is 1. The van der Waals surface area contributed by atoms with Crippen molar-refractivity contribution in [2.24, 2.45) is 5.73 Å². The highest BCUT2D eigenvalue weighted by molar-refractivity contribution is 5.63. The van der Waals surface area contributed by atoms with Crippen LogP contribution in [0.1, 0.15) is 24.1 Å². The van der Waals surface area contributed by atoms with E-state index in [2.05, 4.69) is 20.5 Å². The number of hydrogen-bond acceptors (Lipinski definition) is 5. The van der Waals surface area contributed by atoms with E-state index in [4.69, 9.17) is 5.73 Å². The molecule has 0 bridgehead atoms. The van der Waals surface area contributed by atoms with E-state index in [1.165, 1.54) is 0 Å². The van der Waals surface area contributed by atoms with Gasteiger partial charge in [-0.3, -0.25) is 4.98 Å². The summed E-state index contributed by atoms with van der Waals surface area (Å²) in [6.07, 6.45) is 1.94. The number of hydrogen-bond donors (Lipinski definition) is 2. The van der Waals surface area contributed by atoms with Gasteiger partial charge in [-0.15, -0.1) is 10.2 Å². The fourth-order valence-corrected chi connectivity index (χ4v) is 3.69. The molecule has 4 rings (SSSR count). The van der Waals surface area contributed by atoms with E-state index in [9.17, 15) is 4.39 Å². The Kier molecular flexibility index (Phi) is 4.81. The summed E-state index contributed by atoms with van der Waals surface area (Å²) in [6, 6.07) is 17.5. The molecule has 3 N–H and O–H groups in total. The quantitative estimate of drug-likeness (QED) is 0.701. The molecule has 0 radical (unpaired) electrons. The minimum atomic E-state index is -0.768. The van der Waals surface area contributed by atoms with E-state index in [-0.39, 0.29) is 5.41 Å². The van der Waals surface area contributed by atoms with Crippen LogP contribution in [0, 0.1) is 0 Å². The molecule has 3 aromatic rings. The van der Waals surface area contributed by atoms with Crippen molar-refractivity contribution in [1.29, 1.82) is 0 Å². The minimum Gasteiger partial charge on any atom is -0.368 e. The topological polar surface area (TPSA) is 76.7 Å². The summed E-state index contributed by atoms with van der Waals surface area (Å²) in [7, 11) is 0. The first-order chi connectivity index (χ1) is 13.2. The number of nitrogens with two attached hydrogens (primary N) is 1. The van der Waals surface area contributed by atoms with Crippen molar-refractivity contribution in [1.82, 2.24) is 15.2 Å². The van der Waals surface area contributed by atoms with Gasteiger partial charge in [-0.05, 0) is 42.7 Å². The van der Waals surface area contributed by atoms with Crippen LogP contribution in [0.4, 0.5) is 10.2 Å². The fraction of sp³-hybridized carbons (Fsp3) is 0.286. The molecule has 2 aromatic heterocycles. The number of aromatic nitrogens is 3. The van der Waals surface area contributed by atoms with Crippen LogP contribution >= 0.6 is 0 Å². The Bertz CT molecular complexity index is 892. The van der Waals surface area contributed by atoms with Gasteiger partial charge in [0.2, 0.25) is 0 Å². The van der Waals surface area contributed by atoms with E-state index < -0.39 is 6.17 Å². The number of benzene rings is 1. The second kappa shape index (κ2) is 7.40. The van der Waals surface area contributed by atoms with Crippen LogP contribution in [-0.2, 0) is 12.0 Å². The lowest BCUT2D eigenvalue weighted by atomic mass is 9.65. The zero-order valence-electron chi connectivity index (χ0n) is 15.0. The molecule has 0 atom stereocenters. The molecule has 0 spiro atoms. The summed E-state index contributed by atoms with van der Waals surface area (Å²) in [6.45, 7) is 1.03. The Balaban J connectivity index is 1.49. The molecule has 1 aromatic carbocycles. The molecule has 1 saturated carbocycles. The maximum absolute atomic E-state index is 13.6. The molecular formula is C21H22FN5. The third kappa shape index (κ3) is 3.53. The summed E-state index contributed by atoms with van der Waals surface area (Å²) in [4.78, 5) is 4.44. The van der Waals surface area contributed by atoms with E-state index in [0.29, 0.717) is 31.7 Å². The SMILES string of the molecule is NCc1ccccc1-c1ccc(NCC2(c3ccccn3)CC(F)C2)nn1. The first kappa shape index (κ1) is 17.5. The smallest absolute Gasteiger partial charge is 0.148 e. The van der Waals surface area contributed by atoms with Crippen LogP contribution in [0.3, 0.4) is 0 Å². The van der Waals surface area contributed by atoms with Crippen molar-refractivity contribution in [2.75, 3.05) is 11.9 Å². The zero-order valence-corrected chi connectivity index (χ0v) is 15.0. The first-order valence-corrected chi connectivity index (χ1v) is 9.12. The van der Waals surface area contributed by atoms with Crippen LogP contribution in [0.2, 0.25) is 0 Å². The van der Waals surface area contributed by atoms with Gasteiger partial charge in [0.1, 0.15) is 12.0 Å². The Morgan fingerprint density at radius 1 is 1.04 bits per heavy atom. The van der Waals surface area contributed by atoms with Crippen LogP contribution in [0.5, 0.6) is 0 Å². The Morgan fingerprint density at radius 2 is 1.85 bits per heavy atom. The van der Waals surface area contributed by atoms with Gasteiger partial charge in [0, 0.05) is 36.0 Å². The predicted octanol–water partition coefficient (Wildman–Crippen LogP) is 3.48. The lowest BCUT2D eigenvalue weighted by Crippen LogP contribution is -2.48. The van der Waals surface area contributed by atoms with Gasteiger partial charge < -0.3 is 11.1 Å². The Morgan fingerprint density at radius 3 is 2.52 bits per heavy atom. The van der Waals surface area contributed by atoms with Gasteiger partial charge >= 0.3 is 0 Å². The average molecular weight is 363 g/mol. The van der Waals surface area contributed by atoms with Crippen LogP contribution in [0.15, 0.2) is 60.8 Å². The van der Waals surface area contributed by atoms with Crippen LogP contribution in [0.25, 0.3) is 11.3 Å². The molecule has 6 heteroatoms. The van der Waals surface area contributed by atoms with Crippen molar-refractivity contribution in [2.45, 2.75) is 31.0 Å². The van der Waals surface area contributed by atoms with Gasteiger partial charge in [-0.1, -0.05) is 30.3 Å². The first-order valence-electron chi connectivity index (χ1n) is 9.12. The highest BCUT2D eigenvalue weighted by atomic mass is 19.1. The molecule has 1 aliphatic carbocycles. The lowest BCUT2D eigenvalue weighted by molar-refractivity contribution is 0.0996. The van der Waals surface area contributed by atoms with E-state index in [1.807, 2.05) is 54.6 Å². The maximum atomic E-state index is 13.6. The fourth-order valence-electron chi connectivity index (χ4n) is 3.69. The predicted molar refractivity (Wildman–Crippen MR) is 104 cm³/mol. The summed E-state index contributed by atoms with van der Waals surface area (Å²) >= 11 is 0. The average Bonchev–Trinajstić information content (AvgIpc) is 2.71. The molecular weight excluding hydrogens is 341 g/mol. The van der Waals surface area contributed by atoms with Crippen molar-refractivity contribution in [3.63, 3.8) is 0 Å². The van der Waals surface area contributed by atoms with E-state index >= 15 is 0 Å². The third-order valence-corrected chi connectivity index (χ3v) is 5.22. The van der Waals surface area contributed by atoms with Crippen molar-refractivity contribution < 1.29 is 4.39 Å². The van der Waals surface area contributed by atoms with Crippen molar-refractivity contribution in [3.05, 3.63) is 72.1 Å². The van der Waals surface area contributed by atoms with Gasteiger partial charge in [0.05, 0.1) is 5.69 Å². The van der Waals surface area contributed by atoms with Gasteiger partial charge in [0.25, 0.3) is 0 Å². The van der Waals surface area contributed by atoms with Gasteiger partial charge in [-0.2, -0.15) is 0 Å². The third-order valence-electron chi connectivity index (χ3n) is 5.22. The molecule has 0 aliphatic heterocycles. The zero-order chi connectivity index (χ0) is 18.7. The second-order valence-corrected chi connectivity index (χ2v) is 7.02. The minimum absolute atomic E-state index is 0.285. The van der Waals surface area contributed by atoms with Crippen LogP contribution in [-0.4, -0.2) is 27.9 Å². The molecule has 5 nitrogen and oxygen atoms in total. The molecule has 1 aliphatic rings. The Hall–Kier alpha value is -2.86. The van der Waals surface area contributed by atoms with Crippen molar-refractivity contribution >= 4 is 5.82 Å². The van der Waals surface area contributed by atoms with E-state index in [0.717, 1.165) is 22.5 Å². The van der Waals surface area contributed by atoms with Crippen molar-refractivity contribution in [3.8, 4) is 11.3 Å². The summed E-state index contributed by atoms with van der Waals surface area (Å²) in [5.74, 6) is 0.668. The highest BCUT2D eigenvalue weighted by Crippen LogP contribution is 2.44. The number of alkyl halides is 1. The number of rotatable bonds is 6. The molecule has 27 heavy (non-hydrogen) atoms. The largest absolute Gasteiger partial charge is 0.368 e. The maximum Gasteiger partial charge on any atom is 0.148 e. The molecule has 0 amide bonds. The molecule has 0 unspecified atom stereocenters. The monoisotopic (exact) mass is 363 g/mol. The Labute approximate surface area is 157 Å². The molecule has 1 fully saturated rings. The summed E-state index contributed by atoms with van der Waals surface area (Å²) in [5.41, 5.74) is 9.25. The van der Waals surface area contributed by atoms with Gasteiger partial charge in [0.15, 0.2) is 0 Å². The summed E-state index contributed by atoms with van der Waals surface area (Å²) < 4.78 is 13.6. The number of nitrogens with zero attached hydrogens (tertiary/aromatic N) is 3. The highest BCUT2D eigenvalue weighted by Gasteiger charge is 2.46. The lowest BCUT2D eigenvalue weighted by Gasteiger charge is -2.43. The van der Waals surface area contributed by atoms with Gasteiger partial charge in [-0.25, -0.2) is 4.39 Å². The number of pyridine rings is 1. The number of halogens is 1. The standard InChI is InChI=1S/C21H22FN5/c22-16-11-21(12-16,19-7-3-4-10-24-19)14-25-20-9-8-18(26-27-20)17-6-2-1-5-15(17)13-23/h1-10,16H,11-14,23H2,(H,25,27). The molecule has 0 saturated heterocycles. The second-order valence-electron chi connectivity index (χ2n) is 7.02. The summed E-state index contributed by atoms with van der Waals surface area (Å²) in [5, 5.41) is 11.9. The normalized spacial score (nSPS) is 21.5. The molecule has 138 valence electrons.